The van der Waals surface area contributed by atoms with E-state index in [9.17, 15) is 57.3 Å². The zero-order valence-electron chi connectivity index (χ0n) is 52.8. The van der Waals surface area contributed by atoms with Crippen LogP contribution in [0.15, 0.2) is 53.8 Å². The highest BCUT2D eigenvalue weighted by Crippen LogP contribution is 2.26. The molecule has 518 valence electrons. The lowest BCUT2D eigenvalue weighted by Gasteiger charge is -2.33. The van der Waals surface area contributed by atoms with Crippen molar-refractivity contribution in [3.8, 4) is 5.75 Å². The number of carbonyl (C=O) groups excluding carboxylic acids is 4. The van der Waals surface area contributed by atoms with Crippen LogP contribution in [-0.2, 0) is 68.9 Å². The van der Waals surface area contributed by atoms with E-state index in [0.29, 0.717) is 178 Å². The van der Waals surface area contributed by atoms with E-state index in [1.807, 2.05) is 16.5 Å². The Balaban J connectivity index is 0.888. The first-order valence-corrected chi connectivity index (χ1v) is 33.1. The Morgan fingerprint density at radius 2 is 1.30 bits per heavy atom. The summed E-state index contributed by atoms with van der Waals surface area (Å²) in [7, 11) is -4.40. The van der Waals surface area contributed by atoms with E-state index in [4.69, 9.17) is 24.2 Å². The number of anilines is 1. The minimum absolute atomic E-state index is 0.0960. The Labute approximate surface area is 544 Å². The molecule has 1 aliphatic heterocycles. The minimum Gasteiger partial charge on any atom is -0.494 e. The Hall–Kier alpha value is -7.13. The molecule has 3 heterocycles. The summed E-state index contributed by atoms with van der Waals surface area (Å²) in [4.78, 5) is 102. The predicted octanol–water partition coefficient (Wildman–Crippen LogP) is 0.226. The number of hydrogen-bond donors (Lipinski definition) is 11. The normalized spacial score (nSPS) is 14.8. The van der Waals surface area contributed by atoms with Gasteiger partial charge in [0.05, 0.1) is 75.0 Å². The van der Waals surface area contributed by atoms with E-state index >= 15 is 0 Å². The molecule has 0 saturated carbocycles. The number of aliphatic carboxylic acids is 3. The number of aryl methyl sites for hydroxylation is 3. The van der Waals surface area contributed by atoms with Gasteiger partial charge in [0.1, 0.15) is 17.8 Å². The molecule has 5 rings (SSSR count). The van der Waals surface area contributed by atoms with Crippen LogP contribution >= 0.6 is 12.0 Å². The van der Waals surface area contributed by atoms with Crippen molar-refractivity contribution >= 4 is 80.5 Å². The van der Waals surface area contributed by atoms with Gasteiger partial charge < -0.3 is 70.7 Å². The maximum atomic E-state index is 13.6. The fraction of sp³-hybridized carbons (Fsp3) is 0.603. The number of nitrogens with zero attached hydrogens (tertiary/aromatic N) is 7. The van der Waals surface area contributed by atoms with Gasteiger partial charge in [-0.3, -0.25) is 52.9 Å². The van der Waals surface area contributed by atoms with E-state index in [1.165, 1.54) is 12.1 Å². The molecule has 2 atom stereocenters. The van der Waals surface area contributed by atoms with Crippen molar-refractivity contribution in [3.63, 3.8) is 0 Å². The average Bonchev–Trinajstić information content (AvgIpc) is 1.44. The molecular formula is C58H90N14O19S2. The largest absolute Gasteiger partial charge is 0.494 e. The summed E-state index contributed by atoms with van der Waals surface area (Å²) in [5, 5.41) is 60.3. The Morgan fingerprint density at radius 1 is 0.699 bits per heavy atom. The number of amides is 4. The van der Waals surface area contributed by atoms with Crippen LogP contribution < -0.4 is 36.0 Å². The number of carboxylic acids is 3. The SMILES string of the molecule is CCN1CCN(CC(=O)O)CCN(CC(=O)O)CCN(CC(=O)N[C@H](CSOOO)C(=O)NCCCOCCOCCOCCCNC(=O)CCCOc2cc(C)c(S(=O)(=O)N[C@@H](CNC(=O)c3ccc4c(cnn4CCCNc4ncc[nH]4)c3)C(=O)O)c(C)c2)CC1. The Morgan fingerprint density at radius 3 is 1.88 bits per heavy atom. The summed E-state index contributed by atoms with van der Waals surface area (Å²) in [5.41, 5.74) is 1.64. The fourth-order valence-electron chi connectivity index (χ4n) is 9.80. The predicted molar refractivity (Wildman–Crippen MR) is 340 cm³/mol. The number of sulfonamides is 1. The van der Waals surface area contributed by atoms with Crippen LogP contribution in [0, 0.1) is 13.8 Å². The molecule has 0 radical (unpaired) electrons. The summed E-state index contributed by atoms with van der Waals surface area (Å²) >= 11 is 0.611. The number of H-pyrrole nitrogens is 1. The maximum absolute atomic E-state index is 13.6. The third kappa shape index (κ3) is 29.4. The first-order valence-electron chi connectivity index (χ1n) is 30.7. The smallest absolute Gasteiger partial charge is 0.323 e. The summed E-state index contributed by atoms with van der Waals surface area (Å²) in [6, 6.07) is 5.23. The van der Waals surface area contributed by atoms with Crippen molar-refractivity contribution in [1.29, 1.82) is 0 Å². The molecule has 0 aliphatic carbocycles. The van der Waals surface area contributed by atoms with Gasteiger partial charge in [0, 0.05) is 140 Å². The molecule has 93 heavy (non-hydrogen) atoms. The van der Waals surface area contributed by atoms with Crippen molar-refractivity contribution in [3.05, 3.63) is 65.6 Å². The van der Waals surface area contributed by atoms with E-state index in [2.05, 4.69) is 60.6 Å². The van der Waals surface area contributed by atoms with Gasteiger partial charge in [0.15, 0.2) is 5.95 Å². The van der Waals surface area contributed by atoms with Crippen LogP contribution in [-0.4, -0.2) is 279 Å². The first kappa shape index (κ1) is 76.6. The molecule has 11 N–H and O–H groups in total. The second kappa shape index (κ2) is 42.2. The maximum Gasteiger partial charge on any atom is 0.323 e. The lowest BCUT2D eigenvalue weighted by Crippen LogP contribution is -2.52. The summed E-state index contributed by atoms with van der Waals surface area (Å²) < 4.78 is 58.3. The third-order valence-electron chi connectivity index (χ3n) is 14.5. The molecule has 0 spiro atoms. The molecule has 4 aromatic rings. The number of rotatable bonds is 44. The highest BCUT2D eigenvalue weighted by atomic mass is 32.2. The van der Waals surface area contributed by atoms with E-state index in [1.54, 1.807) is 60.4 Å². The van der Waals surface area contributed by atoms with Gasteiger partial charge >= 0.3 is 17.9 Å². The van der Waals surface area contributed by atoms with E-state index in [-0.39, 0.29) is 61.3 Å². The molecule has 33 nitrogen and oxygen atoms in total. The number of carboxylic acid groups (broad SMARTS) is 3. The Kier molecular flexibility index (Phi) is 34.8. The number of carbonyl (C=O) groups is 7. The van der Waals surface area contributed by atoms with Gasteiger partial charge in [0.25, 0.3) is 5.91 Å². The number of aromatic nitrogens is 4. The topological polar surface area (TPSA) is 422 Å². The molecular weight excluding hydrogens is 1260 g/mol. The molecule has 1 saturated heterocycles. The number of nitrogens with one attached hydrogen (secondary N) is 7. The van der Waals surface area contributed by atoms with Crippen molar-refractivity contribution in [2.45, 2.75) is 76.4 Å². The van der Waals surface area contributed by atoms with Gasteiger partial charge in [-0.2, -0.15) is 9.82 Å². The van der Waals surface area contributed by atoms with Crippen LogP contribution in [0.1, 0.15) is 60.5 Å². The molecule has 35 heteroatoms. The van der Waals surface area contributed by atoms with Crippen LogP contribution in [0.5, 0.6) is 5.75 Å². The highest BCUT2D eigenvalue weighted by molar-refractivity contribution is 7.94. The summed E-state index contributed by atoms with van der Waals surface area (Å²) in [5.74, 6) is -4.30. The molecule has 1 fully saturated rings. The molecule has 0 bridgehead atoms. The van der Waals surface area contributed by atoms with Crippen LogP contribution in [0.3, 0.4) is 0 Å². The van der Waals surface area contributed by atoms with Crippen LogP contribution in [0.4, 0.5) is 5.95 Å². The number of likely N-dealkylation sites (N-methyl/N-ethyl adjacent to an activating group) is 1. The van der Waals surface area contributed by atoms with E-state index < -0.39 is 64.3 Å². The van der Waals surface area contributed by atoms with Crippen molar-refractivity contribution in [2.75, 3.05) is 162 Å². The van der Waals surface area contributed by atoms with Gasteiger partial charge in [0.2, 0.25) is 27.7 Å². The van der Waals surface area contributed by atoms with Crippen LogP contribution in [0.25, 0.3) is 10.9 Å². The zero-order valence-corrected chi connectivity index (χ0v) is 54.5. The van der Waals surface area contributed by atoms with Gasteiger partial charge in [-0.15, -0.1) is 4.33 Å². The van der Waals surface area contributed by atoms with Crippen LogP contribution in [0.2, 0.25) is 0 Å². The molecule has 4 amide bonds. The number of aromatic amines is 1. The second-order valence-electron chi connectivity index (χ2n) is 21.7. The zero-order chi connectivity index (χ0) is 67.4. The monoisotopic (exact) mass is 1350 g/mol. The van der Waals surface area contributed by atoms with Gasteiger partial charge in [-0.25, -0.2) is 18.7 Å². The average molecular weight is 1350 g/mol. The number of fused-ring (bicyclic) bond motifs is 1. The second-order valence-corrected chi connectivity index (χ2v) is 24.1. The van der Waals surface area contributed by atoms with Gasteiger partial charge in [-0.1, -0.05) is 12.0 Å². The molecule has 2 aromatic carbocycles. The molecule has 1 aliphatic rings. The molecule has 2 aromatic heterocycles. The number of benzene rings is 2. The fourth-order valence-corrected chi connectivity index (χ4v) is 11.9. The van der Waals surface area contributed by atoms with Crippen molar-refractivity contribution in [2.24, 2.45) is 0 Å². The lowest BCUT2D eigenvalue weighted by atomic mass is 10.1. The Bertz CT molecular complexity index is 3050. The summed E-state index contributed by atoms with van der Waals surface area (Å²) in [6.45, 7) is 12.1. The minimum atomic E-state index is -4.40. The standard InChI is InChI=1S/C58H90N14O19S2/c1-4-68-18-20-69(22-23-71(40-53(77)78)25-24-70(21-19-68)39-52(75)76)38-51(74)66-48(41-92-91-90-83)56(80)60-14-8-27-87-30-32-88-31-29-86-26-7-13-59-50(73)9-5-28-89-46-33-42(2)54(43(3)34-46)93(84,85)67-47(57(81)82)37-64-55(79)44-10-11-49-45(35-44)36-65-72(49)17-6-12-61-58-62-15-16-63-58/h10-11,15-16,33-36,47-48,67,83H,4-9,12-14,17-32,37-41H2,1-3H3,(H,59,73)(H,60,80)(H,64,79)(H,66,74)(H,75,76)(H,77,78)(H,81,82)(H2,61,62,63)/t47-,48+/m0/s1. The van der Waals surface area contributed by atoms with E-state index in [0.717, 1.165) is 11.9 Å². The third-order valence-corrected chi connectivity index (χ3v) is 16.9. The number of ether oxygens (including phenoxy) is 4. The highest BCUT2D eigenvalue weighted by Gasteiger charge is 2.30. The first-order chi connectivity index (χ1) is 44.7. The van der Waals surface area contributed by atoms with Gasteiger partial charge in [-0.05, 0) is 87.5 Å². The van der Waals surface area contributed by atoms with Crippen molar-refractivity contribution in [1.82, 2.24) is 65.3 Å². The molecule has 0 unspecified atom stereocenters. The number of hydrogen-bond acceptors (Lipinski definition) is 24. The summed E-state index contributed by atoms with van der Waals surface area (Å²) in [6.07, 6.45) is 7.33. The number of imidazole rings is 1. The van der Waals surface area contributed by atoms with Crippen molar-refractivity contribution < 1.29 is 90.9 Å². The quantitative estimate of drug-likeness (QED) is 0.0122. The lowest BCUT2D eigenvalue weighted by molar-refractivity contribution is -0.432.